The van der Waals surface area contributed by atoms with Crippen LogP contribution in [0.25, 0.3) is 10.9 Å². The average Bonchev–Trinajstić information content (AvgIpc) is 2.84. The fourth-order valence-corrected chi connectivity index (χ4v) is 2.64. The number of amides is 1. The van der Waals surface area contributed by atoms with Gasteiger partial charge in [0.2, 0.25) is 0 Å². The normalized spacial score (nSPS) is 10.8. The predicted molar refractivity (Wildman–Crippen MR) is 87.5 cm³/mol. The van der Waals surface area contributed by atoms with Crippen molar-refractivity contribution in [2.24, 2.45) is 0 Å². The van der Waals surface area contributed by atoms with Gasteiger partial charge in [-0.1, -0.05) is 29.3 Å². The molecule has 3 aromatic rings. The molecular weight excluding hydrogens is 307 g/mol. The second-order valence-electron chi connectivity index (χ2n) is 4.81. The number of aromatic nitrogens is 1. The highest BCUT2D eigenvalue weighted by Gasteiger charge is 2.13. The first kappa shape index (κ1) is 14.0. The van der Waals surface area contributed by atoms with Gasteiger partial charge in [0.15, 0.2) is 0 Å². The molecule has 0 aliphatic carbocycles. The number of halogens is 2. The van der Waals surface area contributed by atoms with Crippen molar-refractivity contribution in [3.8, 4) is 0 Å². The Kier molecular flexibility index (Phi) is 3.62. The van der Waals surface area contributed by atoms with Gasteiger partial charge in [0, 0.05) is 32.8 Å². The predicted octanol–water partition coefficient (Wildman–Crippen LogP) is 5.04. The summed E-state index contributed by atoms with van der Waals surface area (Å²) in [6.45, 7) is 1.90. The third kappa shape index (κ3) is 2.75. The molecule has 0 bridgehead atoms. The van der Waals surface area contributed by atoms with E-state index in [0.717, 1.165) is 22.2 Å². The van der Waals surface area contributed by atoms with Crippen LogP contribution in [0.15, 0.2) is 42.6 Å². The Morgan fingerprint density at radius 1 is 1.10 bits per heavy atom. The van der Waals surface area contributed by atoms with E-state index in [0.29, 0.717) is 15.6 Å². The maximum absolute atomic E-state index is 12.4. The molecule has 2 aromatic carbocycles. The number of benzene rings is 2. The molecule has 3 rings (SSSR count). The summed E-state index contributed by atoms with van der Waals surface area (Å²) < 4.78 is 0. The molecule has 21 heavy (non-hydrogen) atoms. The number of hydrogen-bond donors (Lipinski definition) is 2. The summed E-state index contributed by atoms with van der Waals surface area (Å²) in [5.74, 6) is -0.172. The molecule has 0 unspecified atom stereocenters. The van der Waals surface area contributed by atoms with E-state index in [2.05, 4.69) is 10.3 Å². The molecule has 1 amide bonds. The van der Waals surface area contributed by atoms with Crippen molar-refractivity contribution < 1.29 is 4.79 Å². The smallest absolute Gasteiger partial charge is 0.257 e. The zero-order valence-corrected chi connectivity index (χ0v) is 12.7. The number of hydrogen-bond acceptors (Lipinski definition) is 1. The summed E-state index contributed by atoms with van der Waals surface area (Å²) in [5, 5.41) is 5.01. The minimum atomic E-state index is -0.172. The molecular formula is C16H12Cl2N2O. The van der Waals surface area contributed by atoms with Crippen molar-refractivity contribution in [2.75, 3.05) is 5.32 Å². The topological polar surface area (TPSA) is 44.9 Å². The van der Waals surface area contributed by atoms with Crippen molar-refractivity contribution in [3.63, 3.8) is 0 Å². The average molecular weight is 319 g/mol. The Labute approximate surface area is 131 Å². The quantitative estimate of drug-likeness (QED) is 0.683. The highest BCUT2D eigenvalue weighted by Crippen LogP contribution is 2.24. The van der Waals surface area contributed by atoms with E-state index in [1.807, 2.05) is 19.1 Å². The van der Waals surface area contributed by atoms with Gasteiger partial charge in [0.05, 0.1) is 5.56 Å². The number of anilines is 1. The number of fused-ring (bicyclic) bond motifs is 1. The first-order chi connectivity index (χ1) is 10.0. The lowest BCUT2D eigenvalue weighted by Crippen LogP contribution is -2.12. The molecule has 3 nitrogen and oxygen atoms in total. The van der Waals surface area contributed by atoms with Crippen molar-refractivity contribution in [1.29, 1.82) is 0 Å². The number of rotatable bonds is 2. The number of aromatic amines is 1. The maximum Gasteiger partial charge on any atom is 0.257 e. The van der Waals surface area contributed by atoms with Gasteiger partial charge < -0.3 is 10.3 Å². The SMILES string of the molecule is Cc1cc(Cl)ccc1NC(=O)c1c[nH]c2cc(Cl)ccc12. The number of carbonyl (C=O) groups excluding carboxylic acids is 1. The van der Waals surface area contributed by atoms with Gasteiger partial charge >= 0.3 is 0 Å². The van der Waals surface area contributed by atoms with Crippen LogP contribution in [0.5, 0.6) is 0 Å². The Bertz CT molecular complexity index is 839. The lowest BCUT2D eigenvalue weighted by Gasteiger charge is -2.08. The lowest BCUT2D eigenvalue weighted by atomic mass is 10.1. The molecule has 0 spiro atoms. The Hall–Kier alpha value is -1.97. The number of aryl methyl sites for hydroxylation is 1. The van der Waals surface area contributed by atoms with Crippen molar-refractivity contribution in [3.05, 3.63) is 63.8 Å². The van der Waals surface area contributed by atoms with E-state index < -0.39 is 0 Å². The van der Waals surface area contributed by atoms with Gasteiger partial charge in [-0.3, -0.25) is 4.79 Å². The van der Waals surface area contributed by atoms with Gasteiger partial charge in [-0.25, -0.2) is 0 Å². The standard InChI is InChI=1S/C16H12Cl2N2O/c1-9-6-10(17)3-5-14(9)20-16(21)13-8-19-15-7-11(18)2-4-12(13)15/h2-8,19H,1H3,(H,20,21). The Balaban J connectivity index is 1.94. The monoisotopic (exact) mass is 318 g/mol. The molecule has 0 aliphatic heterocycles. The van der Waals surface area contributed by atoms with Gasteiger partial charge in [-0.2, -0.15) is 0 Å². The zero-order valence-electron chi connectivity index (χ0n) is 11.2. The van der Waals surface area contributed by atoms with Crippen LogP contribution in [0.4, 0.5) is 5.69 Å². The van der Waals surface area contributed by atoms with E-state index in [4.69, 9.17) is 23.2 Å². The van der Waals surface area contributed by atoms with E-state index in [1.54, 1.807) is 30.5 Å². The molecule has 0 fully saturated rings. The lowest BCUT2D eigenvalue weighted by molar-refractivity contribution is 0.102. The van der Waals surface area contributed by atoms with Gasteiger partial charge in [-0.05, 0) is 42.8 Å². The molecule has 1 aromatic heterocycles. The molecule has 5 heteroatoms. The van der Waals surface area contributed by atoms with Gasteiger partial charge in [-0.15, -0.1) is 0 Å². The molecule has 0 radical (unpaired) electrons. The molecule has 1 heterocycles. The number of nitrogens with one attached hydrogen (secondary N) is 2. The van der Waals surface area contributed by atoms with Crippen molar-refractivity contribution >= 4 is 45.7 Å². The molecule has 0 saturated carbocycles. The minimum absolute atomic E-state index is 0.172. The van der Waals surface area contributed by atoms with E-state index in [9.17, 15) is 4.79 Å². The fourth-order valence-electron chi connectivity index (χ4n) is 2.24. The second-order valence-corrected chi connectivity index (χ2v) is 5.68. The minimum Gasteiger partial charge on any atom is -0.360 e. The van der Waals surface area contributed by atoms with Crippen LogP contribution in [0.1, 0.15) is 15.9 Å². The van der Waals surface area contributed by atoms with Gasteiger partial charge in [0.25, 0.3) is 5.91 Å². The Morgan fingerprint density at radius 2 is 1.81 bits per heavy atom. The van der Waals surface area contributed by atoms with Crippen LogP contribution in [0.3, 0.4) is 0 Å². The summed E-state index contributed by atoms with van der Waals surface area (Å²) in [6.07, 6.45) is 1.68. The molecule has 2 N–H and O–H groups in total. The Morgan fingerprint density at radius 3 is 2.57 bits per heavy atom. The van der Waals surface area contributed by atoms with Crippen LogP contribution in [-0.2, 0) is 0 Å². The highest BCUT2D eigenvalue weighted by atomic mass is 35.5. The summed E-state index contributed by atoms with van der Waals surface area (Å²) in [4.78, 5) is 15.5. The van der Waals surface area contributed by atoms with E-state index in [-0.39, 0.29) is 5.91 Å². The molecule has 0 saturated heterocycles. The van der Waals surface area contributed by atoms with Gasteiger partial charge in [0.1, 0.15) is 0 Å². The summed E-state index contributed by atoms with van der Waals surface area (Å²) in [5.41, 5.74) is 3.07. The number of H-pyrrole nitrogens is 1. The van der Waals surface area contributed by atoms with Crippen molar-refractivity contribution in [2.45, 2.75) is 6.92 Å². The van der Waals surface area contributed by atoms with Crippen LogP contribution in [0, 0.1) is 6.92 Å². The highest BCUT2D eigenvalue weighted by molar-refractivity contribution is 6.31. The summed E-state index contributed by atoms with van der Waals surface area (Å²) >= 11 is 11.9. The van der Waals surface area contributed by atoms with Crippen LogP contribution >= 0.6 is 23.2 Å². The third-order valence-electron chi connectivity index (χ3n) is 3.33. The first-order valence-corrected chi connectivity index (χ1v) is 7.14. The molecule has 0 aliphatic rings. The van der Waals surface area contributed by atoms with Crippen LogP contribution in [-0.4, -0.2) is 10.9 Å². The van der Waals surface area contributed by atoms with Crippen LogP contribution in [0.2, 0.25) is 10.0 Å². The number of carbonyl (C=O) groups is 1. The largest absolute Gasteiger partial charge is 0.360 e. The van der Waals surface area contributed by atoms with E-state index in [1.165, 1.54) is 0 Å². The maximum atomic E-state index is 12.4. The first-order valence-electron chi connectivity index (χ1n) is 6.39. The van der Waals surface area contributed by atoms with Crippen LogP contribution < -0.4 is 5.32 Å². The fraction of sp³-hybridized carbons (Fsp3) is 0.0625. The molecule has 0 atom stereocenters. The van der Waals surface area contributed by atoms with Crippen molar-refractivity contribution in [1.82, 2.24) is 4.98 Å². The second kappa shape index (κ2) is 5.43. The third-order valence-corrected chi connectivity index (χ3v) is 3.80. The summed E-state index contributed by atoms with van der Waals surface area (Å²) in [6, 6.07) is 10.7. The summed E-state index contributed by atoms with van der Waals surface area (Å²) in [7, 11) is 0. The van der Waals surface area contributed by atoms with E-state index >= 15 is 0 Å². The molecule has 106 valence electrons. The zero-order chi connectivity index (χ0) is 15.0.